The maximum Gasteiger partial charge on any atom is 0.336 e. The average Bonchev–Trinajstić information content (AvgIpc) is 3.55. The number of rotatable bonds is 9. The molecule has 1 aliphatic carbocycles. The van der Waals surface area contributed by atoms with Gasteiger partial charge < -0.3 is 14.2 Å². The second-order valence-electron chi connectivity index (χ2n) is 12.8. The zero-order valence-electron chi connectivity index (χ0n) is 26.7. The van der Waals surface area contributed by atoms with Crippen LogP contribution < -0.4 is 0 Å². The lowest BCUT2D eigenvalue weighted by atomic mass is 9.94. The summed E-state index contributed by atoms with van der Waals surface area (Å²) in [6.45, 7) is 11.8. The van der Waals surface area contributed by atoms with E-state index in [9.17, 15) is 9.90 Å². The molecule has 1 fully saturated rings. The summed E-state index contributed by atoms with van der Waals surface area (Å²) in [4.78, 5) is 22.3. The van der Waals surface area contributed by atoms with E-state index in [1.807, 2.05) is 24.3 Å². The number of fused-ring (bicyclic) bond motifs is 1. The maximum absolute atomic E-state index is 11.8. The van der Waals surface area contributed by atoms with Gasteiger partial charge in [0.1, 0.15) is 11.6 Å². The van der Waals surface area contributed by atoms with Crippen LogP contribution in [0.1, 0.15) is 110 Å². The molecule has 0 saturated heterocycles. The first-order valence-corrected chi connectivity index (χ1v) is 16.3. The van der Waals surface area contributed by atoms with E-state index in [1.165, 1.54) is 54.6 Å². The first kappa shape index (κ1) is 29.9. The Bertz CT molecular complexity index is 1800. The molecule has 0 bridgehead atoms. The molecule has 1 saturated carbocycles. The standard InChI is InChI=1S/C38H44N4O2/c1-6-12-34-39-36-25(4)21-29(37-40-35(24(2)3)26(5)42(37)30-13-8-7-9-14-30)22-33(36)41(34)23-27-17-19-28(20-18-27)31-15-10-11-16-32(31)38(43)44/h10-11,15-22,24,30H,6-9,12-14,23H2,1-5H3,(H,43,44). The highest BCUT2D eigenvalue weighted by atomic mass is 16.4. The molecule has 44 heavy (non-hydrogen) atoms. The van der Waals surface area contributed by atoms with Gasteiger partial charge in [-0.15, -0.1) is 0 Å². The number of benzene rings is 3. The van der Waals surface area contributed by atoms with Crippen molar-refractivity contribution in [1.29, 1.82) is 0 Å². The van der Waals surface area contributed by atoms with Crippen LogP contribution in [0.25, 0.3) is 33.5 Å². The van der Waals surface area contributed by atoms with Crippen molar-refractivity contribution < 1.29 is 9.90 Å². The highest BCUT2D eigenvalue weighted by Gasteiger charge is 2.26. The van der Waals surface area contributed by atoms with E-state index in [-0.39, 0.29) is 0 Å². The minimum atomic E-state index is -0.912. The molecule has 1 N–H and O–H groups in total. The van der Waals surface area contributed by atoms with Gasteiger partial charge >= 0.3 is 5.97 Å². The third-order valence-corrected chi connectivity index (χ3v) is 9.29. The Morgan fingerprint density at radius 3 is 2.36 bits per heavy atom. The number of aromatic nitrogens is 4. The molecule has 0 radical (unpaired) electrons. The summed E-state index contributed by atoms with van der Waals surface area (Å²) in [6.07, 6.45) is 8.25. The molecule has 0 unspecified atom stereocenters. The van der Waals surface area contributed by atoms with Gasteiger partial charge in [0, 0.05) is 30.3 Å². The van der Waals surface area contributed by atoms with Crippen LogP contribution in [0.2, 0.25) is 0 Å². The number of carboxylic acids is 1. The van der Waals surface area contributed by atoms with Gasteiger partial charge in [-0.25, -0.2) is 14.8 Å². The Morgan fingerprint density at radius 1 is 0.955 bits per heavy atom. The molecule has 0 aliphatic heterocycles. The molecular formula is C38H44N4O2. The predicted molar refractivity (Wildman–Crippen MR) is 179 cm³/mol. The van der Waals surface area contributed by atoms with Gasteiger partial charge in [-0.2, -0.15) is 0 Å². The quantitative estimate of drug-likeness (QED) is 0.186. The summed E-state index contributed by atoms with van der Waals surface area (Å²) in [5.41, 5.74) is 10.2. The molecule has 228 valence electrons. The zero-order chi connectivity index (χ0) is 31.0. The van der Waals surface area contributed by atoms with Gasteiger partial charge in [-0.3, -0.25) is 0 Å². The van der Waals surface area contributed by atoms with E-state index >= 15 is 0 Å². The second-order valence-corrected chi connectivity index (χ2v) is 12.8. The SMILES string of the molecule is CCCc1nc2c(C)cc(-c3nc(C(C)C)c(C)n3C3CCCCC3)cc2n1Cc1ccc(-c2ccccc2C(=O)O)cc1. The number of nitrogens with zero attached hydrogens (tertiary/aromatic N) is 4. The van der Waals surface area contributed by atoms with E-state index < -0.39 is 5.97 Å². The fourth-order valence-corrected chi connectivity index (χ4v) is 7.12. The van der Waals surface area contributed by atoms with Crippen molar-refractivity contribution in [2.45, 2.75) is 98.1 Å². The third-order valence-electron chi connectivity index (χ3n) is 9.29. The Morgan fingerprint density at radius 2 is 1.68 bits per heavy atom. The Labute approximate surface area is 260 Å². The smallest absolute Gasteiger partial charge is 0.336 e. The molecule has 5 aromatic rings. The molecule has 6 nitrogen and oxygen atoms in total. The monoisotopic (exact) mass is 588 g/mol. The van der Waals surface area contributed by atoms with Crippen molar-refractivity contribution >= 4 is 17.0 Å². The molecule has 6 rings (SSSR count). The number of imidazole rings is 2. The van der Waals surface area contributed by atoms with Crippen LogP contribution in [0.5, 0.6) is 0 Å². The van der Waals surface area contributed by atoms with E-state index in [2.05, 4.69) is 68.0 Å². The van der Waals surface area contributed by atoms with E-state index in [4.69, 9.17) is 9.97 Å². The van der Waals surface area contributed by atoms with Crippen molar-refractivity contribution in [2.24, 2.45) is 0 Å². The van der Waals surface area contributed by atoms with Crippen LogP contribution in [0, 0.1) is 13.8 Å². The molecule has 2 heterocycles. The summed E-state index contributed by atoms with van der Waals surface area (Å²) < 4.78 is 4.93. The molecule has 0 atom stereocenters. The Balaban J connectivity index is 1.43. The topological polar surface area (TPSA) is 72.9 Å². The van der Waals surface area contributed by atoms with Crippen molar-refractivity contribution in [3.63, 3.8) is 0 Å². The lowest BCUT2D eigenvalue weighted by Crippen LogP contribution is -2.15. The van der Waals surface area contributed by atoms with Crippen LogP contribution in [0.15, 0.2) is 60.7 Å². The largest absolute Gasteiger partial charge is 0.478 e. The molecule has 0 amide bonds. The zero-order valence-corrected chi connectivity index (χ0v) is 26.7. The van der Waals surface area contributed by atoms with Crippen LogP contribution in [-0.2, 0) is 13.0 Å². The van der Waals surface area contributed by atoms with Gasteiger partial charge in [0.15, 0.2) is 0 Å². The summed E-state index contributed by atoms with van der Waals surface area (Å²) in [7, 11) is 0. The van der Waals surface area contributed by atoms with Crippen LogP contribution >= 0.6 is 0 Å². The first-order valence-electron chi connectivity index (χ1n) is 16.3. The maximum atomic E-state index is 11.8. The summed E-state index contributed by atoms with van der Waals surface area (Å²) in [5.74, 6) is 1.65. The summed E-state index contributed by atoms with van der Waals surface area (Å²) >= 11 is 0. The van der Waals surface area contributed by atoms with Gasteiger partial charge in [0.2, 0.25) is 0 Å². The van der Waals surface area contributed by atoms with Crippen molar-refractivity contribution in [1.82, 2.24) is 19.1 Å². The van der Waals surface area contributed by atoms with Gasteiger partial charge in [-0.05, 0) is 79.5 Å². The Kier molecular flexibility index (Phi) is 8.44. The summed E-state index contributed by atoms with van der Waals surface area (Å²) in [6, 6.07) is 20.6. The molecule has 6 heteroatoms. The van der Waals surface area contributed by atoms with Crippen LogP contribution in [-0.4, -0.2) is 30.2 Å². The van der Waals surface area contributed by atoms with E-state index in [0.717, 1.165) is 52.2 Å². The summed E-state index contributed by atoms with van der Waals surface area (Å²) in [5, 5.41) is 9.68. The number of aromatic carboxylic acids is 1. The van der Waals surface area contributed by atoms with Crippen LogP contribution in [0.3, 0.4) is 0 Å². The lowest BCUT2D eigenvalue weighted by Gasteiger charge is -2.26. The highest BCUT2D eigenvalue weighted by Crippen LogP contribution is 2.38. The number of aryl methyl sites for hydroxylation is 2. The minimum Gasteiger partial charge on any atom is -0.478 e. The molecule has 2 aromatic heterocycles. The number of hydrogen-bond acceptors (Lipinski definition) is 3. The molecular weight excluding hydrogens is 544 g/mol. The van der Waals surface area contributed by atoms with Gasteiger partial charge in [0.25, 0.3) is 0 Å². The lowest BCUT2D eigenvalue weighted by molar-refractivity contribution is 0.0697. The molecule has 1 aliphatic rings. The minimum absolute atomic E-state index is 0.316. The van der Waals surface area contributed by atoms with E-state index in [0.29, 0.717) is 24.1 Å². The predicted octanol–water partition coefficient (Wildman–Crippen LogP) is 9.51. The van der Waals surface area contributed by atoms with Crippen molar-refractivity contribution in [3.8, 4) is 22.5 Å². The highest BCUT2D eigenvalue weighted by molar-refractivity contribution is 5.96. The fraction of sp³-hybridized carbons (Fsp3) is 0.395. The van der Waals surface area contributed by atoms with Crippen molar-refractivity contribution in [2.75, 3.05) is 0 Å². The number of carboxylic acid groups (broad SMARTS) is 1. The number of carbonyl (C=O) groups is 1. The first-order chi connectivity index (χ1) is 21.3. The Hall–Kier alpha value is -4.19. The number of hydrogen-bond donors (Lipinski definition) is 1. The van der Waals surface area contributed by atoms with Crippen LogP contribution in [0.4, 0.5) is 0 Å². The fourth-order valence-electron chi connectivity index (χ4n) is 7.12. The van der Waals surface area contributed by atoms with Crippen molar-refractivity contribution in [3.05, 3.63) is 94.6 Å². The normalized spacial score (nSPS) is 14.1. The van der Waals surface area contributed by atoms with Gasteiger partial charge in [-0.1, -0.05) is 82.5 Å². The van der Waals surface area contributed by atoms with E-state index in [1.54, 1.807) is 12.1 Å². The average molecular weight is 589 g/mol. The van der Waals surface area contributed by atoms with Gasteiger partial charge in [0.05, 0.1) is 22.3 Å². The third kappa shape index (κ3) is 5.58. The molecule has 0 spiro atoms. The second kappa shape index (κ2) is 12.4. The molecule has 3 aromatic carbocycles.